The van der Waals surface area contributed by atoms with Crippen molar-refractivity contribution in [1.82, 2.24) is 10.2 Å². The Morgan fingerprint density at radius 1 is 1.80 bits per heavy atom. The molecule has 1 aliphatic heterocycles. The standard InChI is InChI=1S/C6H13N3O/c1-2-8-6(10)9-3-5(7)4-9/h5H,2-4,7H2,1H3,(H,8,10). The van der Waals surface area contributed by atoms with Crippen molar-refractivity contribution in [3.8, 4) is 0 Å². The van der Waals surface area contributed by atoms with E-state index in [1.165, 1.54) is 0 Å². The molecule has 10 heavy (non-hydrogen) atoms. The van der Waals surface area contributed by atoms with Crippen LogP contribution in [0.4, 0.5) is 4.79 Å². The van der Waals surface area contributed by atoms with Gasteiger partial charge >= 0.3 is 6.03 Å². The Hall–Kier alpha value is -0.770. The molecule has 0 saturated carbocycles. The maximum Gasteiger partial charge on any atom is 0.317 e. The zero-order valence-electron chi connectivity index (χ0n) is 6.13. The Bertz CT molecular complexity index is 131. The van der Waals surface area contributed by atoms with Crippen LogP contribution >= 0.6 is 0 Å². The number of likely N-dealkylation sites (tertiary alicyclic amines) is 1. The van der Waals surface area contributed by atoms with Gasteiger partial charge in [-0.25, -0.2) is 4.79 Å². The average molecular weight is 143 g/mol. The van der Waals surface area contributed by atoms with Gasteiger partial charge in [0.15, 0.2) is 0 Å². The molecule has 1 heterocycles. The van der Waals surface area contributed by atoms with Crippen LogP contribution in [0.25, 0.3) is 0 Å². The number of carbonyl (C=O) groups is 1. The Morgan fingerprint density at radius 3 is 2.80 bits per heavy atom. The first-order chi connectivity index (χ1) is 4.74. The molecular weight excluding hydrogens is 130 g/mol. The Morgan fingerprint density at radius 2 is 2.40 bits per heavy atom. The molecule has 0 radical (unpaired) electrons. The number of hydrogen-bond acceptors (Lipinski definition) is 2. The highest BCUT2D eigenvalue weighted by Gasteiger charge is 2.26. The monoisotopic (exact) mass is 143 g/mol. The first kappa shape index (κ1) is 7.34. The third-order valence-electron chi connectivity index (χ3n) is 1.53. The molecule has 1 aliphatic rings. The minimum Gasteiger partial charge on any atom is -0.338 e. The van der Waals surface area contributed by atoms with Gasteiger partial charge in [-0.1, -0.05) is 0 Å². The van der Waals surface area contributed by atoms with Gasteiger partial charge in [0, 0.05) is 25.7 Å². The number of nitrogens with one attached hydrogen (secondary N) is 1. The van der Waals surface area contributed by atoms with Gasteiger partial charge < -0.3 is 16.0 Å². The second-order valence-corrected chi connectivity index (χ2v) is 2.50. The largest absolute Gasteiger partial charge is 0.338 e. The zero-order valence-corrected chi connectivity index (χ0v) is 6.13. The molecule has 0 bridgehead atoms. The number of carbonyl (C=O) groups excluding carboxylic acids is 1. The number of rotatable bonds is 1. The van der Waals surface area contributed by atoms with Crippen LogP contribution in [0.15, 0.2) is 0 Å². The first-order valence-electron chi connectivity index (χ1n) is 3.52. The summed E-state index contributed by atoms with van der Waals surface area (Å²) < 4.78 is 0. The number of urea groups is 1. The second-order valence-electron chi connectivity index (χ2n) is 2.50. The summed E-state index contributed by atoms with van der Waals surface area (Å²) in [6.07, 6.45) is 0. The van der Waals surface area contributed by atoms with Crippen LogP contribution < -0.4 is 11.1 Å². The summed E-state index contributed by atoms with van der Waals surface area (Å²) in [7, 11) is 0. The lowest BCUT2D eigenvalue weighted by Gasteiger charge is -2.36. The predicted molar refractivity (Wildman–Crippen MR) is 38.6 cm³/mol. The predicted octanol–water partition coefficient (Wildman–Crippen LogP) is -0.641. The molecular formula is C6H13N3O. The Balaban J connectivity index is 2.18. The summed E-state index contributed by atoms with van der Waals surface area (Å²) in [6.45, 7) is 3.99. The second kappa shape index (κ2) is 2.88. The molecule has 0 aromatic carbocycles. The summed E-state index contributed by atoms with van der Waals surface area (Å²) in [6, 6.07) is 0.201. The zero-order chi connectivity index (χ0) is 7.56. The summed E-state index contributed by atoms with van der Waals surface area (Å²) in [4.78, 5) is 12.6. The van der Waals surface area contributed by atoms with Gasteiger partial charge in [0.25, 0.3) is 0 Å². The number of nitrogens with two attached hydrogens (primary N) is 1. The molecule has 0 aliphatic carbocycles. The van der Waals surface area contributed by atoms with E-state index in [0.29, 0.717) is 19.6 Å². The number of hydrogen-bond donors (Lipinski definition) is 2. The topological polar surface area (TPSA) is 58.4 Å². The lowest BCUT2D eigenvalue weighted by molar-refractivity contribution is 0.153. The molecule has 2 amide bonds. The van der Waals surface area contributed by atoms with Crippen molar-refractivity contribution < 1.29 is 4.79 Å². The van der Waals surface area contributed by atoms with Crippen LogP contribution in [0.1, 0.15) is 6.92 Å². The minimum absolute atomic E-state index is 0.00389. The maximum absolute atomic E-state index is 10.9. The van der Waals surface area contributed by atoms with E-state index in [0.717, 1.165) is 0 Å². The summed E-state index contributed by atoms with van der Waals surface area (Å²) >= 11 is 0. The van der Waals surface area contributed by atoms with Crippen LogP contribution in [0.2, 0.25) is 0 Å². The fraction of sp³-hybridized carbons (Fsp3) is 0.833. The highest BCUT2D eigenvalue weighted by Crippen LogP contribution is 2.03. The summed E-state index contributed by atoms with van der Waals surface area (Å²) in [5, 5.41) is 2.70. The molecule has 1 rings (SSSR count). The third kappa shape index (κ3) is 1.39. The van der Waals surface area contributed by atoms with Crippen LogP contribution in [0.5, 0.6) is 0 Å². The molecule has 58 valence electrons. The van der Waals surface area contributed by atoms with E-state index in [-0.39, 0.29) is 12.1 Å². The lowest BCUT2D eigenvalue weighted by atomic mass is 10.1. The van der Waals surface area contributed by atoms with Crippen LogP contribution in [0, 0.1) is 0 Å². The third-order valence-corrected chi connectivity index (χ3v) is 1.53. The quantitative estimate of drug-likeness (QED) is 0.513. The van der Waals surface area contributed by atoms with E-state index in [2.05, 4.69) is 5.32 Å². The Labute approximate surface area is 60.4 Å². The minimum atomic E-state index is 0.00389. The highest BCUT2D eigenvalue weighted by molar-refractivity contribution is 5.75. The van der Waals surface area contributed by atoms with Crippen LogP contribution in [-0.2, 0) is 0 Å². The normalized spacial score (nSPS) is 18.4. The van der Waals surface area contributed by atoms with Gasteiger partial charge in [-0.15, -0.1) is 0 Å². The maximum atomic E-state index is 10.9. The molecule has 0 unspecified atom stereocenters. The molecule has 4 heteroatoms. The fourth-order valence-corrected chi connectivity index (χ4v) is 0.942. The molecule has 4 nitrogen and oxygen atoms in total. The van der Waals surface area contributed by atoms with Crippen molar-refractivity contribution in [3.63, 3.8) is 0 Å². The van der Waals surface area contributed by atoms with E-state index in [4.69, 9.17) is 5.73 Å². The SMILES string of the molecule is CCNC(=O)N1CC(N)C1. The molecule has 1 fully saturated rings. The van der Waals surface area contributed by atoms with E-state index >= 15 is 0 Å². The van der Waals surface area contributed by atoms with Crippen molar-refractivity contribution in [2.75, 3.05) is 19.6 Å². The van der Waals surface area contributed by atoms with Gasteiger partial charge in [0.2, 0.25) is 0 Å². The summed E-state index contributed by atoms with van der Waals surface area (Å²) in [5.74, 6) is 0. The van der Waals surface area contributed by atoms with Gasteiger partial charge in [-0.05, 0) is 6.92 Å². The van der Waals surface area contributed by atoms with Crippen molar-refractivity contribution in [1.29, 1.82) is 0 Å². The van der Waals surface area contributed by atoms with Gasteiger partial charge in [0.05, 0.1) is 0 Å². The van der Waals surface area contributed by atoms with Gasteiger partial charge in [-0.3, -0.25) is 0 Å². The Kier molecular flexibility index (Phi) is 2.11. The number of amides is 2. The summed E-state index contributed by atoms with van der Waals surface area (Å²) in [5.41, 5.74) is 5.48. The van der Waals surface area contributed by atoms with E-state index in [1.807, 2.05) is 6.92 Å². The molecule has 1 saturated heterocycles. The smallest absolute Gasteiger partial charge is 0.317 e. The van der Waals surface area contributed by atoms with Crippen molar-refractivity contribution in [2.24, 2.45) is 5.73 Å². The molecule has 0 spiro atoms. The molecule has 0 atom stereocenters. The average Bonchev–Trinajstić information content (AvgIpc) is 1.82. The highest BCUT2D eigenvalue weighted by atomic mass is 16.2. The van der Waals surface area contributed by atoms with Crippen molar-refractivity contribution >= 4 is 6.03 Å². The molecule has 0 aromatic heterocycles. The van der Waals surface area contributed by atoms with E-state index < -0.39 is 0 Å². The van der Waals surface area contributed by atoms with Gasteiger partial charge in [0.1, 0.15) is 0 Å². The lowest BCUT2D eigenvalue weighted by Crippen LogP contribution is -2.60. The first-order valence-corrected chi connectivity index (χ1v) is 3.52. The van der Waals surface area contributed by atoms with Crippen LogP contribution in [-0.4, -0.2) is 36.6 Å². The van der Waals surface area contributed by atoms with E-state index in [9.17, 15) is 4.79 Å². The van der Waals surface area contributed by atoms with E-state index in [1.54, 1.807) is 4.90 Å². The van der Waals surface area contributed by atoms with Gasteiger partial charge in [-0.2, -0.15) is 0 Å². The molecule has 0 aromatic rings. The van der Waals surface area contributed by atoms with Crippen molar-refractivity contribution in [3.05, 3.63) is 0 Å². The molecule has 3 N–H and O–H groups in total. The number of nitrogens with zero attached hydrogens (tertiary/aromatic N) is 1. The fourth-order valence-electron chi connectivity index (χ4n) is 0.942. The van der Waals surface area contributed by atoms with Crippen molar-refractivity contribution in [2.45, 2.75) is 13.0 Å². The van der Waals surface area contributed by atoms with Crippen LogP contribution in [0.3, 0.4) is 0 Å².